The van der Waals surface area contributed by atoms with Crippen LogP contribution in [-0.4, -0.2) is 14.8 Å². The van der Waals surface area contributed by atoms with Gasteiger partial charge in [0.2, 0.25) is 0 Å². The zero-order valence-corrected chi connectivity index (χ0v) is 13.9. The second kappa shape index (κ2) is 5.99. The number of pyridine rings is 1. The minimum absolute atomic E-state index is 0.000908. The first kappa shape index (κ1) is 15.5. The third-order valence-corrected chi connectivity index (χ3v) is 3.77. The van der Waals surface area contributed by atoms with E-state index in [4.69, 9.17) is 4.42 Å². The molecule has 0 saturated carbocycles. The van der Waals surface area contributed by atoms with Crippen molar-refractivity contribution in [2.75, 3.05) is 5.32 Å². The molecular formula is C14H10FIN4O3. The van der Waals surface area contributed by atoms with Gasteiger partial charge >= 0.3 is 5.76 Å². The summed E-state index contributed by atoms with van der Waals surface area (Å²) in [6, 6.07) is 5.92. The fraction of sp³-hybridized carbons (Fsp3) is 0.0714. The molecule has 3 rings (SSSR count). The highest BCUT2D eigenvalue weighted by Crippen LogP contribution is 2.28. The van der Waals surface area contributed by atoms with E-state index in [-0.39, 0.29) is 22.8 Å². The van der Waals surface area contributed by atoms with Gasteiger partial charge in [-0.05, 0) is 40.8 Å². The normalized spacial score (nSPS) is 10.7. The van der Waals surface area contributed by atoms with E-state index in [1.807, 2.05) is 22.6 Å². The molecule has 0 radical (unpaired) electrons. The smallest absolute Gasteiger partial charge is 0.388 e. The van der Waals surface area contributed by atoms with Crippen molar-refractivity contribution in [1.82, 2.24) is 14.8 Å². The molecule has 2 N–H and O–H groups in total. The van der Waals surface area contributed by atoms with Crippen molar-refractivity contribution in [1.29, 1.82) is 0 Å². The number of benzene rings is 1. The number of anilines is 2. The van der Waals surface area contributed by atoms with Crippen molar-refractivity contribution >= 4 is 34.0 Å². The van der Waals surface area contributed by atoms with Crippen molar-refractivity contribution in [2.45, 2.75) is 0 Å². The molecule has 2 heterocycles. The number of hydrogen-bond donors (Lipinski definition) is 2. The molecule has 23 heavy (non-hydrogen) atoms. The fourth-order valence-corrected chi connectivity index (χ4v) is 2.44. The molecule has 7 nitrogen and oxygen atoms in total. The highest BCUT2D eigenvalue weighted by molar-refractivity contribution is 14.1. The summed E-state index contributed by atoms with van der Waals surface area (Å²) in [5.74, 6) is -1.19. The number of aryl methyl sites for hydroxylation is 1. The van der Waals surface area contributed by atoms with Crippen LogP contribution < -0.4 is 16.6 Å². The second-order valence-electron chi connectivity index (χ2n) is 4.72. The zero-order chi connectivity index (χ0) is 16.6. The summed E-state index contributed by atoms with van der Waals surface area (Å²) in [5, 5.41) is 8.73. The fourth-order valence-electron chi connectivity index (χ4n) is 1.98. The van der Waals surface area contributed by atoms with Crippen LogP contribution in [0.1, 0.15) is 0 Å². The Morgan fingerprint density at radius 1 is 1.30 bits per heavy atom. The molecule has 0 atom stereocenters. The molecule has 9 heteroatoms. The molecule has 0 saturated heterocycles. The van der Waals surface area contributed by atoms with Gasteiger partial charge in [0.15, 0.2) is 0 Å². The number of hydrogen-bond acceptors (Lipinski definition) is 5. The quantitative estimate of drug-likeness (QED) is 0.625. The van der Waals surface area contributed by atoms with Crippen LogP contribution in [0.25, 0.3) is 11.5 Å². The predicted molar refractivity (Wildman–Crippen MR) is 90.2 cm³/mol. The lowest BCUT2D eigenvalue weighted by molar-refractivity contribution is 0.526. The molecule has 0 fully saturated rings. The standard InChI is InChI=1S/C14H10FIN4O3/c1-20-6-8(13-18-19-14(22)23-13)11(5-12(20)21)17-10-3-2-7(16)4-9(10)15/h2-6,17H,1H3,(H,19,22). The first-order valence-electron chi connectivity index (χ1n) is 6.42. The Labute approximate surface area is 142 Å². The van der Waals surface area contributed by atoms with Gasteiger partial charge in [-0.15, -0.1) is 5.10 Å². The van der Waals surface area contributed by atoms with Crippen molar-refractivity contribution in [3.8, 4) is 11.5 Å². The van der Waals surface area contributed by atoms with Gasteiger partial charge in [-0.25, -0.2) is 14.3 Å². The van der Waals surface area contributed by atoms with Crippen molar-refractivity contribution < 1.29 is 8.81 Å². The monoisotopic (exact) mass is 428 g/mol. The average molecular weight is 428 g/mol. The summed E-state index contributed by atoms with van der Waals surface area (Å²) < 4.78 is 21.0. The number of rotatable bonds is 3. The van der Waals surface area contributed by atoms with Crippen molar-refractivity contribution in [3.05, 3.63) is 60.8 Å². The molecule has 0 aliphatic heterocycles. The van der Waals surface area contributed by atoms with Gasteiger partial charge in [0.1, 0.15) is 5.82 Å². The van der Waals surface area contributed by atoms with Gasteiger partial charge < -0.3 is 14.3 Å². The minimum atomic E-state index is -0.722. The topological polar surface area (TPSA) is 92.9 Å². The van der Waals surface area contributed by atoms with Gasteiger partial charge in [0.25, 0.3) is 11.4 Å². The summed E-state index contributed by atoms with van der Waals surface area (Å²) >= 11 is 2.00. The van der Waals surface area contributed by atoms with Crippen molar-refractivity contribution in [3.63, 3.8) is 0 Å². The van der Waals surface area contributed by atoms with E-state index in [1.54, 1.807) is 19.2 Å². The lowest BCUT2D eigenvalue weighted by Crippen LogP contribution is -2.16. The Balaban J connectivity index is 2.12. The molecule has 2 aromatic heterocycles. The van der Waals surface area contributed by atoms with E-state index in [0.29, 0.717) is 5.56 Å². The summed E-state index contributed by atoms with van der Waals surface area (Å²) in [7, 11) is 1.55. The molecule has 0 bridgehead atoms. The lowest BCUT2D eigenvalue weighted by Gasteiger charge is -2.12. The highest BCUT2D eigenvalue weighted by Gasteiger charge is 2.15. The predicted octanol–water partition coefficient (Wildman–Crippen LogP) is 2.22. The Morgan fingerprint density at radius 2 is 2.09 bits per heavy atom. The van der Waals surface area contributed by atoms with Crippen LogP contribution >= 0.6 is 22.6 Å². The maximum atomic E-state index is 14.0. The minimum Gasteiger partial charge on any atom is -0.388 e. The number of nitrogens with one attached hydrogen (secondary N) is 2. The van der Waals surface area contributed by atoms with Crippen LogP contribution in [0.2, 0.25) is 0 Å². The van der Waals surface area contributed by atoms with Crippen LogP contribution in [0.15, 0.2) is 44.5 Å². The molecule has 1 aromatic carbocycles. The highest BCUT2D eigenvalue weighted by atomic mass is 127. The molecule has 118 valence electrons. The van der Waals surface area contributed by atoms with Crippen LogP contribution in [-0.2, 0) is 7.05 Å². The van der Waals surface area contributed by atoms with Gasteiger partial charge in [-0.3, -0.25) is 4.79 Å². The average Bonchev–Trinajstić information content (AvgIpc) is 2.92. The van der Waals surface area contributed by atoms with Gasteiger partial charge in [-0.2, -0.15) is 0 Å². The number of aromatic nitrogens is 3. The maximum absolute atomic E-state index is 14.0. The number of halogens is 2. The van der Waals surface area contributed by atoms with Gasteiger partial charge in [0.05, 0.1) is 16.9 Å². The Hall–Kier alpha value is -2.43. The van der Waals surface area contributed by atoms with Crippen molar-refractivity contribution in [2.24, 2.45) is 7.05 Å². The van der Waals surface area contributed by atoms with Crippen LogP contribution in [0.4, 0.5) is 15.8 Å². The summed E-state index contributed by atoms with van der Waals surface area (Å²) in [4.78, 5) is 23.0. The Kier molecular flexibility index (Phi) is 4.03. The van der Waals surface area contributed by atoms with E-state index in [9.17, 15) is 14.0 Å². The molecule has 0 aliphatic carbocycles. The molecular weight excluding hydrogens is 418 g/mol. The number of nitrogens with zero attached hydrogens (tertiary/aromatic N) is 2. The first-order valence-corrected chi connectivity index (χ1v) is 7.50. The first-order chi connectivity index (χ1) is 10.9. The Morgan fingerprint density at radius 3 is 2.74 bits per heavy atom. The summed E-state index contributed by atoms with van der Waals surface area (Å²) in [5.41, 5.74) is 0.518. The van der Waals surface area contributed by atoms with E-state index in [0.717, 1.165) is 3.57 Å². The molecule has 0 unspecified atom stereocenters. The zero-order valence-electron chi connectivity index (χ0n) is 11.8. The SMILES string of the molecule is Cn1cc(-c2n[nH]c(=O)o2)c(Nc2ccc(I)cc2F)cc1=O. The van der Waals surface area contributed by atoms with E-state index in [1.165, 1.54) is 22.9 Å². The number of aromatic amines is 1. The second-order valence-corrected chi connectivity index (χ2v) is 5.96. The van der Waals surface area contributed by atoms with Gasteiger partial charge in [0, 0.05) is 22.9 Å². The molecule has 0 amide bonds. The summed E-state index contributed by atoms with van der Waals surface area (Å²) in [6.45, 7) is 0. The number of H-pyrrole nitrogens is 1. The van der Waals surface area contributed by atoms with Crippen LogP contribution in [0.5, 0.6) is 0 Å². The molecule has 3 aromatic rings. The molecule has 0 spiro atoms. The maximum Gasteiger partial charge on any atom is 0.434 e. The largest absolute Gasteiger partial charge is 0.434 e. The van der Waals surface area contributed by atoms with Gasteiger partial charge in [-0.1, -0.05) is 0 Å². The van der Waals surface area contributed by atoms with E-state index in [2.05, 4.69) is 15.5 Å². The lowest BCUT2D eigenvalue weighted by atomic mass is 10.2. The van der Waals surface area contributed by atoms with Crippen LogP contribution in [0, 0.1) is 9.39 Å². The van der Waals surface area contributed by atoms with E-state index < -0.39 is 11.6 Å². The van der Waals surface area contributed by atoms with E-state index >= 15 is 0 Å². The molecule has 0 aliphatic rings. The summed E-state index contributed by atoms with van der Waals surface area (Å²) in [6.07, 6.45) is 1.45. The Bertz CT molecular complexity index is 992. The third kappa shape index (κ3) is 3.18. The third-order valence-electron chi connectivity index (χ3n) is 3.10. The van der Waals surface area contributed by atoms with Crippen LogP contribution in [0.3, 0.4) is 0 Å².